The van der Waals surface area contributed by atoms with Crippen LogP contribution in [0.2, 0.25) is 0 Å². The van der Waals surface area contributed by atoms with Gasteiger partial charge >= 0.3 is 0 Å². The Morgan fingerprint density at radius 1 is 1.41 bits per heavy atom. The van der Waals surface area contributed by atoms with Gasteiger partial charge in [0.05, 0.1) is 0 Å². The van der Waals surface area contributed by atoms with E-state index >= 15 is 0 Å². The van der Waals surface area contributed by atoms with Gasteiger partial charge in [0.2, 0.25) is 0 Å². The molecule has 1 aromatic rings. The van der Waals surface area contributed by atoms with Crippen LogP contribution in [0.15, 0.2) is 18.2 Å². The molecule has 17 heavy (non-hydrogen) atoms. The molecule has 0 atom stereocenters. The van der Waals surface area contributed by atoms with E-state index in [0.717, 1.165) is 12.8 Å². The van der Waals surface area contributed by atoms with Gasteiger partial charge in [-0.05, 0) is 43.5 Å². The van der Waals surface area contributed by atoms with Gasteiger partial charge in [-0.3, -0.25) is 4.79 Å². The minimum Gasteiger partial charge on any atom is -0.381 e. The Morgan fingerprint density at radius 3 is 2.76 bits per heavy atom. The maximum Gasteiger partial charge on any atom is 0.251 e. The molecule has 92 valence electrons. The molecule has 2 rings (SSSR count). The Bertz CT molecular complexity index is 414. The van der Waals surface area contributed by atoms with Crippen LogP contribution >= 0.6 is 0 Å². The van der Waals surface area contributed by atoms with Crippen LogP contribution in [0.25, 0.3) is 0 Å². The number of amides is 1. The second kappa shape index (κ2) is 5.27. The van der Waals surface area contributed by atoms with Crippen molar-refractivity contribution in [3.63, 3.8) is 0 Å². The Kier molecular flexibility index (Phi) is 3.74. The third-order valence-electron chi connectivity index (χ3n) is 2.99. The van der Waals surface area contributed by atoms with Gasteiger partial charge in [0.25, 0.3) is 5.91 Å². The molecule has 1 aliphatic rings. The molecular weight excluding hydrogens is 221 g/mol. The second-order valence-electron chi connectivity index (χ2n) is 4.32. The highest BCUT2D eigenvalue weighted by Crippen LogP contribution is 2.12. The molecule has 0 saturated carbocycles. The highest BCUT2D eigenvalue weighted by atomic mass is 19.1. The molecule has 1 saturated heterocycles. The summed E-state index contributed by atoms with van der Waals surface area (Å²) in [4.78, 5) is 12.0. The number of hydrogen-bond donors (Lipinski definition) is 1. The minimum atomic E-state index is -0.315. The fourth-order valence-electron chi connectivity index (χ4n) is 1.99. The normalized spacial score (nSPS) is 16.8. The summed E-state index contributed by atoms with van der Waals surface area (Å²) in [6.07, 6.45) is 1.68. The summed E-state index contributed by atoms with van der Waals surface area (Å²) in [5.41, 5.74) is 1.20. The van der Waals surface area contributed by atoms with Gasteiger partial charge in [-0.15, -0.1) is 0 Å². The number of carbonyl (C=O) groups excluding carboxylic acids is 1. The maximum atomic E-state index is 12.9. The number of benzene rings is 1. The topological polar surface area (TPSA) is 38.3 Å². The van der Waals surface area contributed by atoms with Gasteiger partial charge in [-0.25, -0.2) is 4.39 Å². The van der Waals surface area contributed by atoms with Crippen LogP contribution in [0.5, 0.6) is 0 Å². The lowest BCUT2D eigenvalue weighted by molar-refractivity contribution is 0.0696. The molecule has 1 aromatic carbocycles. The zero-order valence-corrected chi connectivity index (χ0v) is 9.83. The smallest absolute Gasteiger partial charge is 0.251 e. The molecule has 0 bridgehead atoms. The van der Waals surface area contributed by atoms with Crippen molar-refractivity contribution in [1.29, 1.82) is 0 Å². The van der Waals surface area contributed by atoms with Crippen molar-refractivity contribution < 1.29 is 13.9 Å². The summed E-state index contributed by atoms with van der Waals surface area (Å²) >= 11 is 0. The Balaban J connectivity index is 2.03. The molecule has 0 aromatic heterocycles. The summed E-state index contributed by atoms with van der Waals surface area (Å²) in [7, 11) is 0. The summed E-state index contributed by atoms with van der Waals surface area (Å²) in [6.45, 7) is 3.11. The quantitative estimate of drug-likeness (QED) is 0.854. The van der Waals surface area contributed by atoms with Crippen LogP contribution in [0.1, 0.15) is 28.8 Å². The van der Waals surface area contributed by atoms with Crippen LogP contribution in [-0.4, -0.2) is 25.2 Å². The van der Waals surface area contributed by atoms with Gasteiger partial charge in [0, 0.05) is 24.8 Å². The number of rotatable bonds is 2. The number of hydrogen-bond acceptors (Lipinski definition) is 2. The average Bonchev–Trinajstić information content (AvgIpc) is 2.30. The van der Waals surface area contributed by atoms with Crippen LogP contribution in [0.4, 0.5) is 4.39 Å². The van der Waals surface area contributed by atoms with Crippen molar-refractivity contribution in [3.05, 3.63) is 35.1 Å². The lowest BCUT2D eigenvalue weighted by atomic mass is 10.1. The van der Waals surface area contributed by atoms with Crippen molar-refractivity contribution in [2.24, 2.45) is 0 Å². The van der Waals surface area contributed by atoms with Crippen molar-refractivity contribution in [2.45, 2.75) is 25.8 Å². The van der Waals surface area contributed by atoms with Gasteiger partial charge in [-0.2, -0.15) is 0 Å². The average molecular weight is 237 g/mol. The molecular formula is C13H16FNO2. The largest absolute Gasteiger partial charge is 0.381 e. The van der Waals surface area contributed by atoms with E-state index in [1.54, 1.807) is 6.92 Å². The molecule has 4 heteroatoms. The van der Waals surface area contributed by atoms with Crippen molar-refractivity contribution in [2.75, 3.05) is 13.2 Å². The predicted molar refractivity (Wildman–Crippen MR) is 62.4 cm³/mol. The molecule has 1 N–H and O–H groups in total. The van der Waals surface area contributed by atoms with Crippen molar-refractivity contribution in [3.8, 4) is 0 Å². The van der Waals surface area contributed by atoms with E-state index in [0.29, 0.717) is 24.3 Å². The fraction of sp³-hybridized carbons (Fsp3) is 0.462. The minimum absolute atomic E-state index is 0.130. The van der Waals surface area contributed by atoms with E-state index in [9.17, 15) is 9.18 Å². The zero-order valence-electron chi connectivity index (χ0n) is 9.83. The summed E-state index contributed by atoms with van der Waals surface area (Å²) in [6, 6.07) is 4.38. The molecule has 1 amide bonds. The van der Waals surface area contributed by atoms with Gasteiger partial charge in [0.15, 0.2) is 0 Å². The van der Waals surface area contributed by atoms with Gasteiger partial charge in [-0.1, -0.05) is 0 Å². The van der Waals surface area contributed by atoms with Crippen molar-refractivity contribution >= 4 is 5.91 Å². The molecule has 1 aliphatic heterocycles. The fourth-order valence-corrected chi connectivity index (χ4v) is 1.99. The monoisotopic (exact) mass is 237 g/mol. The lowest BCUT2D eigenvalue weighted by Crippen LogP contribution is -2.39. The molecule has 1 fully saturated rings. The van der Waals surface area contributed by atoms with Crippen LogP contribution in [0, 0.1) is 12.7 Å². The molecule has 0 radical (unpaired) electrons. The highest BCUT2D eigenvalue weighted by Gasteiger charge is 2.17. The number of aryl methyl sites for hydroxylation is 1. The third kappa shape index (κ3) is 3.03. The van der Waals surface area contributed by atoms with Crippen LogP contribution in [-0.2, 0) is 4.74 Å². The van der Waals surface area contributed by atoms with Crippen LogP contribution in [0.3, 0.4) is 0 Å². The van der Waals surface area contributed by atoms with Crippen molar-refractivity contribution in [1.82, 2.24) is 5.32 Å². The van der Waals surface area contributed by atoms with E-state index in [4.69, 9.17) is 4.74 Å². The first-order valence-electron chi connectivity index (χ1n) is 5.81. The van der Waals surface area contributed by atoms with E-state index in [1.165, 1.54) is 18.2 Å². The van der Waals surface area contributed by atoms with E-state index < -0.39 is 0 Å². The number of nitrogens with one attached hydrogen (secondary N) is 1. The molecule has 1 heterocycles. The second-order valence-corrected chi connectivity index (χ2v) is 4.32. The molecule has 0 aliphatic carbocycles. The van der Waals surface area contributed by atoms with E-state index in [-0.39, 0.29) is 17.8 Å². The Labute approximate surface area is 100.0 Å². The van der Waals surface area contributed by atoms with Crippen LogP contribution < -0.4 is 5.32 Å². The van der Waals surface area contributed by atoms with Gasteiger partial charge < -0.3 is 10.1 Å². The summed E-state index contributed by atoms with van der Waals surface area (Å²) in [5, 5.41) is 2.95. The predicted octanol–water partition coefficient (Wildman–Crippen LogP) is 2.04. The first-order valence-corrected chi connectivity index (χ1v) is 5.81. The number of ether oxygens (including phenoxy) is 1. The van der Waals surface area contributed by atoms with Gasteiger partial charge in [0.1, 0.15) is 5.82 Å². The van der Waals surface area contributed by atoms with E-state index in [2.05, 4.69) is 5.32 Å². The number of carbonyl (C=O) groups is 1. The standard InChI is InChI=1S/C13H16FNO2/c1-9-8-10(14)2-3-12(9)13(16)15-11-4-6-17-7-5-11/h2-3,8,11H,4-7H2,1H3,(H,15,16). The Hall–Kier alpha value is -1.42. The summed E-state index contributed by atoms with van der Waals surface area (Å²) < 4.78 is 18.1. The maximum absolute atomic E-state index is 12.9. The zero-order chi connectivity index (χ0) is 12.3. The lowest BCUT2D eigenvalue weighted by Gasteiger charge is -2.23. The number of halogens is 1. The first-order chi connectivity index (χ1) is 8.16. The molecule has 0 spiro atoms. The summed E-state index contributed by atoms with van der Waals surface area (Å²) in [5.74, 6) is -0.445. The molecule has 0 unspecified atom stereocenters. The first kappa shape index (κ1) is 12.0. The molecule has 3 nitrogen and oxygen atoms in total. The SMILES string of the molecule is Cc1cc(F)ccc1C(=O)NC1CCOCC1. The highest BCUT2D eigenvalue weighted by molar-refractivity contribution is 5.95. The van der Waals surface area contributed by atoms with E-state index in [1.807, 2.05) is 0 Å². The Morgan fingerprint density at radius 2 is 2.12 bits per heavy atom. The third-order valence-corrected chi connectivity index (χ3v) is 2.99.